The van der Waals surface area contributed by atoms with Crippen LogP contribution in [0.5, 0.6) is 0 Å². The molecule has 26 heavy (non-hydrogen) atoms. The third-order valence-electron chi connectivity index (χ3n) is 3.73. The van der Waals surface area contributed by atoms with Crippen LogP contribution >= 0.6 is 7.58 Å². The Kier molecular flexibility index (Phi) is 6.87. The van der Waals surface area contributed by atoms with Gasteiger partial charge in [0.25, 0.3) is 13.1 Å². The Morgan fingerprint density at radius 3 is 2.88 bits per heavy atom. The van der Waals surface area contributed by atoms with E-state index >= 15 is 0 Å². The van der Waals surface area contributed by atoms with Crippen molar-refractivity contribution in [2.75, 3.05) is 26.1 Å². The number of aliphatic hydroxyl groups is 1. The molecule has 1 aliphatic rings. The summed E-state index contributed by atoms with van der Waals surface area (Å²) in [5.41, 5.74) is -2.93. The molecule has 1 fully saturated rings. The highest BCUT2D eigenvalue weighted by Gasteiger charge is 2.43. The van der Waals surface area contributed by atoms with Crippen molar-refractivity contribution in [3.8, 4) is 12.3 Å². The fourth-order valence-corrected chi connectivity index (χ4v) is 3.36. The standard InChI is InChI=1S/C14H19N2O8PS/c1-4-10-5-16(13(19)15-11(10)18)12-9(2)22-7-14(6-17,24-12)8-23-25(20)26(3)21/h1,5,9,12,17,20H,6-8H2,2-3H3,(H,15,18,19). The Morgan fingerprint density at radius 2 is 2.31 bits per heavy atom. The second-order valence-corrected chi connectivity index (χ2v) is 9.72. The molecule has 1 aliphatic heterocycles. The molecule has 0 bridgehead atoms. The quantitative estimate of drug-likeness (QED) is 0.395. The topological polar surface area (TPSA) is 140 Å². The lowest BCUT2D eigenvalue weighted by atomic mass is 10.1. The summed E-state index contributed by atoms with van der Waals surface area (Å²) in [5, 5.41) is 9.75. The van der Waals surface area contributed by atoms with Gasteiger partial charge < -0.3 is 24.0 Å². The Morgan fingerprint density at radius 1 is 1.62 bits per heavy atom. The van der Waals surface area contributed by atoms with Crippen molar-refractivity contribution in [3.63, 3.8) is 0 Å². The van der Waals surface area contributed by atoms with Crippen LogP contribution in [0.4, 0.5) is 0 Å². The Bertz CT molecular complexity index is 833. The van der Waals surface area contributed by atoms with E-state index < -0.39 is 53.8 Å². The molecule has 2 rings (SSSR count). The van der Waals surface area contributed by atoms with Crippen molar-refractivity contribution in [3.05, 3.63) is 32.6 Å². The summed E-state index contributed by atoms with van der Waals surface area (Å²) in [6.45, 7) is 0.700. The number of hydrogen-bond donors (Lipinski definition) is 3. The summed E-state index contributed by atoms with van der Waals surface area (Å²) in [5.74, 6) is 2.17. The van der Waals surface area contributed by atoms with E-state index in [1.54, 1.807) is 6.92 Å². The first-order valence-corrected chi connectivity index (χ1v) is 10.8. The molecule has 0 radical (unpaired) electrons. The second-order valence-electron chi connectivity index (χ2n) is 5.65. The van der Waals surface area contributed by atoms with Crippen LogP contribution in [-0.2, 0) is 24.4 Å². The molecule has 1 aromatic heterocycles. The SMILES string of the molecule is C#Cc1cn(C2OC(CO)(COP(O)S(C)=O)COC2C)c(=O)[nH]c1=O. The van der Waals surface area contributed by atoms with Gasteiger partial charge in [-0.3, -0.25) is 18.6 Å². The number of hydrogen-bond acceptors (Lipinski definition) is 8. The van der Waals surface area contributed by atoms with Gasteiger partial charge in [-0.1, -0.05) is 5.92 Å². The zero-order chi connectivity index (χ0) is 19.5. The van der Waals surface area contributed by atoms with E-state index in [1.807, 2.05) is 0 Å². The lowest BCUT2D eigenvalue weighted by Gasteiger charge is -2.43. The molecule has 12 heteroatoms. The average molecular weight is 406 g/mol. The van der Waals surface area contributed by atoms with Gasteiger partial charge in [-0.15, -0.1) is 6.42 Å². The lowest BCUT2D eigenvalue weighted by Crippen LogP contribution is -2.55. The number of rotatable bonds is 6. The third-order valence-corrected chi connectivity index (χ3v) is 6.15. The summed E-state index contributed by atoms with van der Waals surface area (Å²) in [7, 11) is -3.81. The van der Waals surface area contributed by atoms with Crippen LogP contribution in [0.2, 0.25) is 0 Å². The number of terminal acetylenes is 1. The van der Waals surface area contributed by atoms with Crippen LogP contribution in [0.1, 0.15) is 18.7 Å². The van der Waals surface area contributed by atoms with Crippen LogP contribution in [0.15, 0.2) is 15.8 Å². The molecule has 0 saturated carbocycles. The van der Waals surface area contributed by atoms with Crippen LogP contribution in [-0.4, -0.2) is 61.5 Å². The summed E-state index contributed by atoms with van der Waals surface area (Å²) in [4.78, 5) is 35.4. The van der Waals surface area contributed by atoms with Gasteiger partial charge in [0.1, 0.15) is 17.3 Å². The van der Waals surface area contributed by atoms with E-state index in [2.05, 4.69) is 10.9 Å². The minimum Gasteiger partial charge on any atom is -0.393 e. The molecule has 1 saturated heterocycles. The minimum atomic E-state index is -2.22. The number of aromatic amines is 1. The van der Waals surface area contributed by atoms with Crippen LogP contribution in [0.25, 0.3) is 0 Å². The molecule has 5 unspecified atom stereocenters. The van der Waals surface area contributed by atoms with Gasteiger partial charge in [0.2, 0.25) is 0 Å². The first-order valence-electron chi connectivity index (χ1n) is 7.41. The predicted octanol–water partition coefficient (Wildman–Crippen LogP) is -1.20. The van der Waals surface area contributed by atoms with Crippen molar-refractivity contribution in [1.82, 2.24) is 9.55 Å². The fourth-order valence-electron chi connectivity index (χ4n) is 2.26. The zero-order valence-electron chi connectivity index (χ0n) is 14.1. The third kappa shape index (κ3) is 4.47. The molecule has 144 valence electrons. The second kappa shape index (κ2) is 8.54. The fraction of sp³-hybridized carbons (Fsp3) is 0.571. The van der Waals surface area contributed by atoms with E-state index in [4.69, 9.17) is 20.4 Å². The summed E-state index contributed by atoms with van der Waals surface area (Å²) < 4.78 is 28.8. The summed E-state index contributed by atoms with van der Waals surface area (Å²) in [6, 6.07) is 0. The molecule has 1 aromatic rings. The van der Waals surface area contributed by atoms with Gasteiger partial charge in [0, 0.05) is 12.5 Å². The Balaban J connectivity index is 2.32. The molecule has 5 atom stereocenters. The van der Waals surface area contributed by atoms with Gasteiger partial charge in [-0.05, 0) is 6.92 Å². The van der Waals surface area contributed by atoms with Gasteiger partial charge >= 0.3 is 5.69 Å². The van der Waals surface area contributed by atoms with Crippen LogP contribution < -0.4 is 11.2 Å². The van der Waals surface area contributed by atoms with Gasteiger partial charge in [0.05, 0.1) is 30.2 Å². The minimum absolute atomic E-state index is 0.0721. The monoisotopic (exact) mass is 406 g/mol. The van der Waals surface area contributed by atoms with Crippen molar-refractivity contribution in [1.29, 1.82) is 0 Å². The molecule has 0 spiro atoms. The number of nitrogens with zero attached hydrogens (tertiary/aromatic N) is 1. The maximum absolute atomic E-state index is 12.1. The van der Waals surface area contributed by atoms with E-state index in [9.17, 15) is 23.8 Å². The molecule has 0 aromatic carbocycles. The van der Waals surface area contributed by atoms with Crippen molar-refractivity contribution in [2.24, 2.45) is 0 Å². The number of ether oxygens (including phenoxy) is 2. The molecule has 10 nitrogen and oxygen atoms in total. The van der Waals surface area contributed by atoms with E-state index in [0.717, 1.165) is 4.57 Å². The molecule has 0 amide bonds. The number of nitrogens with one attached hydrogen (secondary N) is 1. The van der Waals surface area contributed by atoms with Crippen molar-refractivity contribution < 1.29 is 28.2 Å². The molecule has 0 aliphatic carbocycles. The van der Waals surface area contributed by atoms with Gasteiger partial charge in [-0.2, -0.15) is 0 Å². The number of aliphatic hydroxyl groups excluding tert-OH is 1. The highest BCUT2D eigenvalue weighted by molar-refractivity contribution is 8.42. The van der Waals surface area contributed by atoms with Crippen LogP contribution in [0, 0.1) is 12.3 Å². The Labute approximate surface area is 152 Å². The summed E-state index contributed by atoms with van der Waals surface area (Å²) in [6.07, 6.45) is 6.07. The smallest absolute Gasteiger partial charge is 0.330 e. The average Bonchev–Trinajstić information content (AvgIpc) is 2.61. The number of H-pyrrole nitrogens is 1. The highest BCUT2D eigenvalue weighted by Crippen LogP contribution is 2.38. The van der Waals surface area contributed by atoms with E-state index in [1.165, 1.54) is 12.5 Å². The van der Waals surface area contributed by atoms with Crippen molar-refractivity contribution >= 4 is 18.0 Å². The predicted molar refractivity (Wildman–Crippen MR) is 93.8 cm³/mol. The normalized spacial score (nSPS) is 28.3. The van der Waals surface area contributed by atoms with E-state index in [-0.39, 0.29) is 18.8 Å². The first kappa shape index (κ1) is 20.9. The maximum Gasteiger partial charge on any atom is 0.330 e. The molecule has 2 heterocycles. The zero-order valence-corrected chi connectivity index (χ0v) is 15.8. The van der Waals surface area contributed by atoms with Crippen LogP contribution in [0.3, 0.4) is 0 Å². The van der Waals surface area contributed by atoms with Gasteiger partial charge in [-0.25, -0.2) is 4.79 Å². The van der Waals surface area contributed by atoms with E-state index in [0.29, 0.717) is 0 Å². The first-order chi connectivity index (χ1) is 12.2. The molecular formula is C14H19N2O8PS. The molecule has 3 N–H and O–H groups in total. The van der Waals surface area contributed by atoms with Crippen molar-refractivity contribution in [2.45, 2.75) is 24.9 Å². The van der Waals surface area contributed by atoms with Gasteiger partial charge in [0.15, 0.2) is 6.23 Å². The largest absolute Gasteiger partial charge is 0.393 e. The molecular weight excluding hydrogens is 387 g/mol. The summed E-state index contributed by atoms with van der Waals surface area (Å²) >= 11 is 0. The highest BCUT2D eigenvalue weighted by atomic mass is 32.7. The lowest BCUT2D eigenvalue weighted by molar-refractivity contribution is -0.271. The maximum atomic E-state index is 12.1. The number of aromatic nitrogens is 2. The Hall–Kier alpha value is -1.38.